The van der Waals surface area contributed by atoms with Crippen LogP contribution in [0.15, 0.2) is 44.4 Å². The summed E-state index contributed by atoms with van der Waals surface area (Å²) in [7, 11) is 0. The number of aromatic amines is 1. The first-order valence-electron chi connectivity index (χ1n) is 11.4. The van der Waals surface area contributed by atoms with E-state index in [2.05, 4.69) is 10.1 Å². The number of hydrogen-bond acceptors (Lipinski definition) is 8. The number of aromatic nitrogens is 3. The number of ether oxygens (including phenoxy) is 1. The third kappa shape index (κ3) is 5.51. The summed E-state index contributed by atoms with van der Waals surface area (Å²) in [4.78, 5) is 54.2. The Morgan fingerprint density at radius 2 is 1.89 bits per heavy atom. The summed E-state index contributed by atoms with van der Waals surface area (Å²) >= 11 is 0. The van der Waals surface area contributed by atoms with Crippen LogP contribution in [-0.2, 0) is 16.1 Å². The number of benzene rings is 1. The van der Waals surface area contributed by atoms with E-state index in [9.17, 15) is 19.2 Å². The fourth-order valence-electron chi connectivity index (χ4n) is 3.64. The van der Waals surface area contributed by atoms with Crippen LogP contribution in [0.3, 0.4) is 0 Å². The van der Waals surface area contributed by atoms with Gasteiger partial charge in [-0.25, -0.2) is 9.59 Å². The highest BCUT2D eigenvalue weighted by Crippen LogP contribution is 2.26. The van der Waals surface area contributed by atoms with Gasteiger partial charge in [0.15, 0.2) is 12.3 Å². The minimum atomic E-state index is -0.788. The van der Waals surface area contributed by atoms with Gasteiger partial charge in [-0.3, -0.25) is 19.1 Å². The number of nitrogens with zero attached hydrogens (tertiary/aromatic N) is 3. The summed E-state index contributed by atoms with van der Waals surface area (Å²) in [5.74, 6) is -1.31. The Balaban J connectivity index is 1.87. The number of esters is 1. The van der Waals surface area contributed by atoms with Crippen LogP contribution in [0.4, 0.5) is 11.5 Å². The van der Waals surface area contributed by atoms with Gasteiger partial charge in [-0.1, -0.05) is 55.8 Å². The van der Waals surface area contributed by atoms with Crippen molar-refractivity contribution in [2.75, 3.05) is 23.8 Å². The molecular formula is C24H29N5O6. The summed E-state index contributed by atoms with van der Waals surface area (Å²) in [5, 5.41) is 3.95. The van der Waals surface area contributed by atoms with Crippen molar-refractivity contribution >= 4 is 23.4 Å². The van der Waals surface area contributed by atoms with Crippen molar-refractivity contribution < 1.29 is 18.8 Å². The maximum atomic E-state index is 13.1. The number of H-pyrrole nitrogens is 1. The number of nitrogens with one attached hydrogen (secondary N) is 1. The summed E-state index contributed by atoms with van der Waals surface area (Å²) in [6.45, 7) is 5.14. The molecule has 0 bridgehead atoms. The van der Waals surface area contributed by atoms with Crippen LogP contribution >= 0.6 is 0 Å². The normalized spacial score (nSPS) is 10.8. The van der Waals surface area contributed by atoms with Crippen molar-refractivity contribution in [3.05, 3.63) is 62.5 Å². The van der Waals surface area contributed by atoms with Gasteiger partial charge >= 0.3 is 11.7 Å². The molecule has 0 radical (unpaired) electrons. The molecule has 2 aromatic heterocycles. The fourth-order valence-corrected chi connectivity index (χ4v) is 3.64. The minimum Gasteiger partial charge on any atom is -0.452 e. The van der Waals surface area contributed by atoms with Crippen molar-refractivity contribution in [2.24, 2.45) is 0 Å². The molecule has 0 fully saturated rings. The predicted octanol–water partition coefficient (Wildman–Crippen LogP) is 2.48. The van der Waals surface area contributed by atoms with E-state index in [1.165, 1.54) is 4.57 Å². The monoisotopic (exact) mass is 483 g/mol. The largest absolute Gasteiger partial charge is 0.452 e. The van der Waals surface area contributed by atoms with E-state index >= 15 is 0 Å². The number of nitrogens with two attached hydrogens (primary N) is 1. The number of carbonyl (C=O) groups excluding carboxylic acids is 2. The highest BCUT2D eigenvalue weighted by Gasteiger charge is 2.27. The third-order valence-electron chi connectivity index (χ3n) is 5.41. The molecule has 3 N–H and O–H groups in total. The molecule has 0 aliphatic rings. The maximum absolute atomic E-state index is 13.1. The molecule has 0 aliphatic heterocycles. The van der Waals surface area contributed by atoms with Gasteiger partial charge in [-0.05, 0) is 19.8 Å². The van der Waals surface area contributed by atoms with E-state index in [-0.39, 0.29) is 35.9 Å². The maximum Gasteiger partial charge on any atom is 0.344 e. The molecule has 0 atom stereocenters. The average Bonchev–Trinajstić information content (AvgIpc) is 3.23. The number of anilines is 2. The lowest BCUT2D eigenvalue weighted by atomic mass is 10.1. The standard InChI is InChI=1S/C24H29N5O6/c1-4-6-13-28(20-21(25)29(12-5-2)24(33)26-22(20)31)17(30)14-34-23(32)18-15(3)35-27-19(18)16-10-8-7-9-11-16/h7-11H,4-6,12-14,25H2,1-3H3,(H,26,31,33). The Bertz CT molecular complexity index is 1310. The average molecular weight is 484 g/mol. The van der Waals surface area contributed by atoms with Crippen molar-refractivity contribution in [3.8, 4) is 11.3 Å². The Hall–Kier alpha value is -4.15. The summed E-state index contributed by atoms with van der Waals surface area (Å²) in [6.07, 6.45) is 1.89. The molecular weight excluding hydrogens is 454 g/mol. The van der Waals surface area contributed by atoms with Crippen LogP contribution in [0.25, 0.3) is 11.3 Å². The molecule has 11 nitrogen and oxygen atoms in total. The van der Waals surface area contributed by atoms with Gasteiger partial charge < -0.3 is 19.9 Å². The van der Waals surface area contributed by atoms with Crippen LogP contribution in [0, 0.1) is 6.92 Å². The van der Waals surface area contributed by atoms with E-state index < -0.39 is 29.7 Å². The van der Waals surface area contributed by atoms with E-state index in [0.29, 0.717) is 24.1 Å². The molecule has 0 aliphatic carbocycles. The van der Waals surface area contributed by atoms with Gasteiger partial charge in [0, 0.05) is 18.7 Å². The zero-order chi connectivity index (χ0) is 25.5. The van der Waals surface area contributed by atoms with E-state index in [1.54, 1.807) is 31.2 Å². The van der Waals surface area contributed by atoms with Crippen LogP contribution in [0.1, 0.15) is 49.2 Å². The summed E-state index contributed by atoms with van der Waals surface area (Å²) < 4.78 is 11.7. The molecule has 3 aromatic rings. The summed E-state index contributed by atoms with van der Waals surface area (Å²) in [6, 6.07) is 8.96. The molecule has 1 aromatic carbocycles. The van der Waals surface area contributed by atoms with Crippen molar-refractivity contribution in [1.29, 1.82) is 0 Å². The van der Waals surface area contributed by atoms with E-state index in [1.807, 2.05) is 19.9 Å². The number of nitrogen functional groups attached to an aromatic ring is 1. The zero-order valence-corrected chi connectivity index (χ0v) is 20.0. The smallest absolute Gasteiger partial charge is 0.344 e. The molecule has 35 heavy (non-hydrogen) atoms. The lowest BCUT2D eigenvalue weighted by molar-refractivity contribution is -0.121. The number of carbonyl (C=O) groups is 2. The Labute approximate surface area is 201 Å². The molecule has 0 spiro atoms. The molecule has 186 valence electrons. The number of amides is 1. The number of hydrogen-bond donors (Lipinski definition) is 2. The predicted molar refractivity (Wildman–Crippen MR) is 130 cm³/mol. The Morgan fingerprint density at radius 3 is 2.54 bits per heavy atom. The Morgan fingerprint density at radius 1 is 1.17 bits per heavy atom. The van der Waals surface area contributed by atoms with Gasteiger partial charge in [0.2, 0.25) is 0 Å². The van der Waals surface area contributed by atoms with Gasteiger partial charge in [0.25, 0.3) is 11.5 Å². The Kier molecular flexibility index (Phi) is 8.24. The molecule has 11 heteroatoms. The number of rotatable bonds is 10. The number of aryl methyl sites for hydroxylation is 1. The number of unbranched alkanes of at least 4 members (excludes halogenated alkanes) is 1. The molecule has 0 saturated heterocycles. The minimum absolute atomic E-state index is 0.109. The van der Waals surface area contributed by atoms with Crippen LogP contribution < -0.4 is 21.9 Å². The van der Waals surface area contributed by atoms with Crippen LogP contribution in [0.5, 0.6) is 0 Å². The topological polar surface area (TPSA) is 154 Å². The molecule has 0 saturated carbocycles. The second-order valence-electron chi connectivity index (χ2n) is 7.95. The van der Waals surface area contributed by atoms with E-state index in [4.69, 9.17) is 15.0 Å². The molecule has 1 amide bonds. The lowest BCUT2D eigenvalue weighted by Crippen LogP contribution is -2.43. The lowest BCUT2D eigenvalue weighted by Gasteiger charge is -2.24. The van der Waals surface area contributed by atoms with Gasteiger partial charge in [0.1, 0.15) is 22.8 Å². The summed E-state index contributed by atoms with van der Waals surface area (Å²) in [5.41, 5.74) is 5.64. The van der Waals surface area contributed by atoms with Gasteiger partial charge in [-0.2, -0.15) is 0 Å². The third-order valence-corrected chi connectivity index (χ3v) is 5.41. The first-order valence-corrected chi connectivity index (χ1v) is 11.4. The SMILES string of the molecule is CCCCN(C(=O)COC(=O)c1c(-c2ccccc2)noc1C)c1c(N)n(CCC)c(=O)[nH]c1=O. The van der Waals surface area contributed by atoms with Crippen molar-refractivity contribution in [2.45, 2.75) is 46.6 Å². The van der Waals surface area contributed by atoms with Gasteiger partial charge in [-0.15, -0.1) is 0 Å². The molecule has 3 rings (SSSR count). The van der Waals surface area contributed by atoms with E-state index in [0.717, 1.165) is 11.3 Å². The zero-order valence-electron chi connectivity index (χ0n) is 20.0. The first kappa shape index (κ1) is 25.5. The molecule has 2 heterocycles. The fraction of sp³-hybridized carbons (Fsp3) is 0.375. The second-order valence-corrected chi connectivity index (χ2v) is 7.95. The second kappa shape index (κ2) is 11.3. The highest BCUT2D eigenvalue weighted by molar-refractivity contribution is 6.00. The van der Waals surface area contributed by atoms with Gasteiger partial charge in [0.05, 0.1) is 0 Å². The quantitative estimate of drug-likeness (QED) is 0.417. The van der Waals surface area contributed by atoms with Crippen LogP contribution in [-0.4, -0.2) is 39.7 Å². The van der Waals surface area contributed by atoms with Crippen LogP contribution in [0.2, 0.25) is 0 Å². The highest BCUT2D eigenvalue weighted by atomic mass is 16.5. The van der Waals surface area contributed by atoms with Crippen molar-refractivity contribution in [3.63, 3.8) is 0 Å². The first-order chi connectivity index (χ1) is 16.8. The molecule has 0 unspecified atom stereocenters. The van der Waals surface area contributed by atoms with Crippen molar-refractivity contribution in [1.82, 2.24) is 14.7 Å².